The predicted molar refractivity (Wildman–Crippen MR) is 153 cm³/mol. The highest BCUT2D eigenvalue weighted by Gasteiger charge is 2.41. The van der Waals surface area contributed by atoms with Crippen LogP contribution in [0.5, 0.6) is 0 Å². The summed E-state index contributed by atoms with van der Waals surface area (Å²) >= 11 is 0. The van der Waals surface area contributed by atoms with Gasteiger partial charge in [-0.3, -0.25) is 9.80 Å². The van der Waals surface area contributed by atoms with E-state index in [-0.39, 0.29) is 11.4 Å². The molecule has 2 atom stereocenters. The Morgan fingerprint density at radius 1 is 1.05 bits per heavy atom. The third-order valence-corrected chi connectivity index (χ3v) is 8.35. The van der Waals surface area contributed by atoms with E-state index < -0.39 is 0 Å². The lowest BCUT2D eigenvalue weighted by Crippen LogP contribution is -2.58. The zero-order chi connectivity index (χ0) is 26.7. The number of fused-ring (bicyclic) bond motifs is 2. The van der Waals surface area contributed by atoms with E-state index in [1.54, 1.807) is 0 Å². The Kier molecular flexibility index (Phi) is 7.70. The van der Waals surface area contributed by atoms with E-state index in [1.165, 1.54) is 18.4 Å². The first-order chi connectivity index (χ1) is 18.4. The maximum absolute atomic E-state index is 13.3. The van der Waals surface area contributed by atoms with Gasteiger partial charge in [0, 0.05) is 42.0 Å². The minimum Gasteiger partial charge on any atom is -0.308 e. The number of amides is 2. The van der Waals surface area contributed by atoms with Gasteiger partial charge in [-0.1, -0.05) is 56.7 Å². The van der Waals surface area contributed by atoms with Crippen molar-refractivity contribution in [1.82, 2.24) is 19.8 Å². The van der Waals surface area contributed by atoms with Crippen molar-refractivity contribution in [3.63, 3.8) is 0 Å². The molecule has 0 radical (unpaired) electrons. The Morgan fingerprint density at radius 2 is 1.74 bits per heavy atom. The highest BCUT2D eigenvalue weighted by molar-refractivity contribution is 6.01. The average Bonchev–Trinajstić information content (AvgIpc) is 3.51. The van der Waals surface area contributed by atoms with Crippen LogP contribution in [0.2, 0.25) is 0 Å². The van der Waals surface area contributed by atoms with Gasteiger partial charge >= 0.3 is 6.03 Å². The van der Waals surface area contributed by atoms with Crippen LogP contribution >= 0.6 is 0 Å². The summed E-state index contributed by atoms with van der Waals surface area (Å²) in [5.41, 5.74) is 2.90. The lowest BCUT2D eigenvalue weighted by atomic mass is 9.89. The lowest BCUT2D eigenvalue weighted by molar-refractivity contribution is 0.152. The van der Waals surface area contributed by atoms with Gasteiger partial charge in [-0.2, -0.15) is 0 Å². The number of nitrogens with one attached hydrogen (secondary N) is 1. The van der Waals surface area contributed by atoms with E-state index in [4.69, 9.17) is 0 Å². The molecule has 2 saturated heterocycles. The fourth-order valence-corrected chi connectivity index (χ4v) is 5.74. The van der Waals surface area contributed by atoms with E-state index in [2.05, 4.69) is 50.9 Å². The monoisotopic (exact) mass is 515 g/mol. The fraction of sp³-hybridized carbons (Fsp3) is 0.500. The summed E-state index contributed by atoms with van der Waals surface area (Å²) in [6.07, 6.45) is 6.25. The summed E-state index contributed by atoms with van der Waals surface area (Å²) in [7, 11) is 0. The van der Waals surface area contributed by atoms with Gasteiger partial charge in [0.2, 0.25) is 0 Å². The minimum absolute atomic E-state index is 0.00721. The highest BCUT2D eigenvalue weighted by atomic mass is 16.2. The first-order valence-electron chi connectivity index (χ1n) is 14.0. The van der Waals surface area contributed by atoms with Crippen molar-refractivity contribution in [2.45, 2.75) is 70.9 Å². The fourth-order valence-electron chi connectivity index (χ4n) is 5.74. The molecule has 2 amide bonds. The standard InChI is InChI=1S/C30H41N7O/c1-5-30(3,4)28-33-31-22-37(28)34-20-26-16-17-27(21-34)35(26)18-9-19-36(25-10-7-6-8-11-25)29(38)32-24-14-12-23(2)13-15-24/h6-8,10-15,22,26-27H,5,9,16-21H2,1-4H3,(H,32,38)/t26-,27?/m1/s1. The zero-order valence-electron chi connectivity index (χ0n) is 23.2. The topological polar surface area (TPSA) is 69.5 Å². The molecule has 3 heterocycles. The van der Waals surface area contributed by atoms with Crippen LogP contribution in [0.4, 0.5) is 16.2 Å². The number of urea groups is 1. The van der Waals surface area contributed by atoms with E-state index >= 15 is 0 Å². The molecule has 2 bridgehead atoms. The largest absolute Gasteiger partial charge is 0.326 e. The molecule has 0 saturated carbocycles. The molecule has 8 heteroatoms. The molecule has 3 aromatic rings. The first kappa shape index (κ1) is 26.2. The molecule has 5 rings (SSSR count). The summed E-state index contributed by atoms with van der Waals surface area (Å²) in [4.78, 5) is 17.9. The molecule has 1 unspecified atom stereocenters. The molecule has 0 spiro atoms. The van der Waals surface area contributed by atoms with Crippen molar-refractivity contribution in [1.29, 1.82) is 0 Å². The number of para-hydroxylation sites is 1. The highest BCUT2D eigenvalue weighted by Crippen LogP contribution is 2.32. The number of benzene rings is 2. The van der Waals surface area contributed by atoms with E-state index in [0.717, 1.165) is 49.7 Å². The summed E-state index contributed by atoms with van der Waals surface area (Å²) < 4.78 is 2.21. The Bertz CT molecular complexity index is 1190. The summed E-state index contributed by atoms with van der Waals surface area (Å²) in [6, 6.07) is 18.9. The molecule has 8 nitrogen and oxygen atoms in total. The van der Waals surface area contributed by atoms with Crippen LogP contribution in [0.3, 0.4) is 0 Å². The van der Waals surface area contributed by atoms with Crippen LogP contribution in [-0.4, -0.2) is 64.1 Å². The molecule has 2 aliphatic heterocycles. The number of carbonyl (C=O) groups is 1. The quantitative estimate of drug-likeness (QED) is 0.425. The van der Waals surface area contributed by atoms with Gasteiger partial charge in [-0.25, -0.2) is 9.47 Å². The molecule has 0 aliphatic carbocycles. The smallest absolute Gasteiger partial charge is 0.308 e. The molecular formula is C30H41N7O. The number of aromatic nitrogens is 3. The predicted octanol–water partition coefficient (Wildman–Crippen LogP) is 5.19. The van der Waals surface area contributed by atoms with Gasteiger partial charge in [-0.05, 0) is 56.9 Å². The van der Waals surface area contributed by atoms with Crippen LogP contribution in [-0.2, 0) is 5.41 Å². The summed E-state index contributed by atoms with van der Waals surface area (Å²) in [5.74, 6) is 1.05. The number of hydrogen-bond acceptors (Lipinski definition) is 5. The van der Waals surface area contributed by atoms with Gasteiger partial charge < -0.3 is 10.3 Å². The van der Waals surface area contributed by atoms with Crippen molar-refractivity contribution in [3.8, 4) is 0 Å². The van der Waals surface area contributed by atoms with Crippen molar-refractivity contribution < 1.29 is 4.79 Å². The number of anilines is 2. The maximum atomic E-state index is 13.3. The second-order valence-electron chi connectivity index (χ2n) is 11.4. The molecule has 1 N–H and O–H groups in total. The van der Waals surface area contributed by atoms with Gasteiger partial charge in [0.05, 0.1) is 13.1 Å². The maximum Gasteiger partial charge on any atom is 0.326 e. The molecular weight excluding hydrogens is 474 g/mol. The second-order valence-corrected chi connectivity index (χ2v) is 11.4. The number of rotatable bonds is 9. The van der Waals surface area contributed by atoms with Crippen LogP contribution in [0.15, 0.2) is 60.9 Å². The molecule has 2 aromatic carbocycles. The third kappa shape index (κ3) is 5.55. The molecule has 2 fully saturated rings. The van der Waals surface area contributed by atoms with Gasteiger partial charge in [0.25, 0.3) is 0 Å². The van der Waals surface area contributed by atoms with Crippen molar-refractivity contribution >= 4 is 17.4 Å². The summed E-state index contributed by atoms with van der Waals surface area (Å²) in [6.45, 7) is 12.4. The second kappa shape index (κ2) is 11.2. The van der Waals surface area contributed by atoms with Crippen LogP contribution in [0, 0.1) is 6.92 Å². The Balaban J connectivity index is 1.22. The third-order valence-electron chi connectivity index (χ3n) is 8.35. The number of carbonyl (C=O) groups excluding carboxylic acids is 1. The van der Waals surface area contributed by atoms with Crippen molar-refractivity contribution in [2.75, 3.05) is 41.4 Å². The van der Waals surface area contributed by atoms with Crippen LogP contribution in [0.25, 0.3) is 0 Å². The zero-order valence-corrected chi connectivity index (χ0v) is 23.2. The summed E-state index contributed by atoms with van der Waals surface area (Å²) in [5, 5.41) is 14.3. The molecule has 38 heavy (non-hydrogen) atoms. The minimum atomic E-state index is -0.0912. The van der Waals surface area contributed by atoms with E-state index in [0.29, 0.717) is 18.6 Å². The van der Waals surface area contributed by atoms with E-state index in [9.17, 15) is 4.79 Å². The SMILES string of the molecule is CCC(C)(C)c1nncn1N1CC2CC[C@H](C1)N2CCCN(C(=O)Nc1ccc(C)cc1)c1ccccc1. The van der Waals surface area contributed by atoms with E-state index in [1.807, 2.05) is 72.7 Å². The first-order valence-corrected chi connectivity index (χ1v) is 14.0. The Hall–Kier alpha value is -3.39. The van der Waals surface area contributed by atoms with Gasteiger partial charge in [0.1, 0.15) is 6.33 Å². The Labute approximate surface area is 226 Å². The van der Waals surface area contributed by atoms with Crippen LogP contribution < -0.4 is 15.2 Å². The van der Waals surface area contributed by atoms with Crippen molar-refractivity contribution in [3.05, 3.63) is 72.3 Å². The van der Waals surface area contributed by atoms with Crippen LogP contribution in [0.1, 0.15) is 57.8 Å². The van der Waals surface area contributed by atoms with Crippen molar-refractivity contribution in [2.24, 2.45) is 0 Å². The molecule has 2 aliphatic rings. The molecule has 1 aromatic heterocycles. The van der Waals surface area contributed by atoms with Gasteiger partial charge in [0.15, 0.2) is 5.82 Å². The number of aryl methyl sites for hydroxylation is 1. The normalized spacial score (nSPS) is 19.5. The average molecular weight is 516 g/mol. The Morgan fingerprint density at radius 3 is 2.39 bits per heavy atom. The number of hydrogen-bond donors (Lipinski definition) is 1. The number of nitrogens with zero attached hydrogens (tertiary/aromatic N) is 6. The molecule has 202 valence electrons. The van der Waals surface area contributed by atoms with Gasteiger partial charge in [-0.15, -0.1) is 10.2 Å². The number of piperazine rings is 1. The lowest BCUT2D eigenvalue weighted by Gasteiger charge is -2.43.